The number of nitrogens with one attached hydrogen (secondary N) is 1. The predicted molar refractivity (Wildman–Crippen MR) is 157 cm³/mol. The summed E-state index contributed by atoms with van der Waals surface area (Å²) in [5, 5.41) is 4.29. The van der Waals surface area contributed by atoms with Crippen molar-refractivity contribution in [2.24, 2.45) is 0 Å². The molecule has 0 spiro atoms. The molecule has 1 aliphatic rings. The maximum absolute atomic E-state index is 13.6. The van der Waals surface area contributed by atoms with Gasteiger partial charge in [-0.05, 0) is 67.4 Å². The highest BCUT2D eigenvalue weighted by Crippen LogP contribution is 2.27. The van der Waals surface area contributed by atoms with Gasteiger partial charge in [0.15, 0.2) is 0 Å². The fourth-order valence-electron chi connectivity index (χ4n) is 4.39. The van der Waals surface area contributed by atoms with Crippen LogP contribution in [0.3, 0.4) is 0 Å². The molecule has 1 aromatic heterocycles. The van der Waals surface area contributed by atoms with Gasteiger partial charge in [-0.3, -0.25) is 14.7 Å². The third kappa shape index (κ3) is 6.68. The number of carbonyl (C=O) groups is 1. The molecular formula is C28H25Cl3N4O4S. The van der Waals surface area contributed by atoms with E-state index in [0.29, 0.717) is 39.5 Å². The molecule has 0 aliphatic carbocycles. The Kier molecular flexibility index (Phi) is 8.80. The van der Waals surface area contributed by atoms with E-state index in [1.54, 1.807) is 41.1 Å². The third-order valence-corrected chi connectivity index (χ3v) is 8.95. The Morgan fingerprint density at radius 1 is 1.00 bits per heavy atom. The van der Waals surface area contributed by atoms with Crippen LogP contribution in [0.5, 0.6) is 0 Å². The first kappa shape index (κ1) is 28.6. The molecule has 2 heterocycles. The average molecular weight is 620 g/mol. The SMILES string of the molecule is O=C(CN(C[C@H]1CCCO1)S(=O)(=O)c1ccc(Cl)cc1)Nc1nc(-c2ccc(Cl)cc2)cn1-c1cccc(Cl)c1. The Bertz CT molecular complexity index is 1600. The van der Waals surface area contributed by atoms with Gasteiger partial charge in [0, 0.05) is 45.7 Å². The molecule has 8 nitrogen and oxygen atoms in total. The monoisotopic (exact) mass is 618 g/mol. The zero-order valence-electron chi connectivity index (χ0n) is 21.1. The van der Waals surface area contributed by atoms with Gasteiger partial charge in [0.2, 0.25) is 21.9 Å². The number of anilines is 1. The van der Waals surface area contributed by atoms with Crippen LogP contribution in [-0.4, -0.2) is 54.0 Å². The zero-order chi connectivity index (χ0) is 28.3. The molecular weight excluding hydrogens is 595 g/mol. The van der Waals surface area contributed by atoms with Gasteiger partial charge in [0.05, 0.1) is 23.2 Å². The molecule has 0 unspecified atom stereocenters. The number of hydrogen-bond donors (Lipinski definition) is 1. The number of ether oxygens (including phenoxy) is 1. The van der Waals surface area contributed by atoms with E-state index in [4.69, 9.17) is 39.5 Å². The Morgan fingerprint density at radius 2 is 1.70 bits per heavy atom. The highest BCUT2D eigenvalue weighted by molar-refractivity contribution is 7.89. The molecule has 40 heavy (non-hydrogen) atoms. The van der Waals surface area contributed by atoms with Crippen LogP contribution in [0.15, 0.2) is 83.9 Å². The maximum Gasteiger partial charge on any atom is 0.243 e. The number of benzene rings is 3. The first-order valence-electron chi connectivity index (χ1n) is 12.5. The summed E-state index contributed by atoms with van der Waals surface area (Å²) in [6.07, 6.45) is 2.99. The normalized spacial score (nSPS) is 15.4. The lowest BCUT2D eigenvalue weighted by atomic mass is 10.2. The molecule has 5 rings (SSSR count). The van der Waals surface area contributed by atoms with Crippen LogP contribution in [0.2, 0.25) is 15.1 Å². The summed E-state index contributed by atoms with van der Waals surface area (Å²) in [5.74, 6) is -0.356. The van der Waals surface area contributed by atoms with Crippen LogP contribution in [0.25, 0.3) is 16.9 Å². The fraction of sp³-hybridized carbons (Fsp3) is 0.214. The molecule has 1 amide bonds. The van der Waals surface area contributed by atoms with Crippen molar-refractivity contribution in [2.45, 2.75) is 23.8 Å². The quantitative estimate of drug-likeness (QED) is 0.237. The number of halogens is 3. The first-order valence-corrected chi connectivity index (χ1v) is 15.0. The molecule has 1 atom stereocenters. The molecule has 4 aromatic rings. The standard InChI is InChI=1S/C28H25Cl3N4O4S/c29-20-8-6-19(7-9-20)26-17-35(23-4-1-3-22(31)15-23)28(32-26)33-27(36)18-34(16-24-5-2-14-39-24)40(37,38)25-12-10-21(30)11-13-25/h1,3-4,6-13,15,17,24H,2,5,14,16,18H2,(H,32,33,36)/t24-/m1/s1. The Balaban J connectivity index is 1.45. The second-order valence-corrected chi connectivity index (χ2v) is 12.5. The molecule has 0 bridgehead atoms. The molecule has 208 valence electrons. The summed E-state index contributed by atoms with van der Waals surface area (Å²) >= 11 is 18.2. The number of aromatic nitrogens is 2. The lowest BCUT2D eigenvalue weighted by Crippen LogP contribution is -2.42. The minimum absolute atomic E-state index is 0.0353. The number of imidazole rings is 1. The zero-order valence-corrected chi connectivity index (χ0v) is 24.2. The van der Waals surface area contributed by atoms with Crippen molar-refractivity contribution in [1.82, 2.24) is 13.9 Å². The Morgan fingerprint density at radius 3 is 2.35 bits per heavy atom. The maximum atomic E-state index is 13.6. The average Bonchev–Trinajstić information content (AvgIpc) is 3.59. The van der Waals surface area contributed by atoms with Crippen LogP contribution >= 0.6 is 34.8 Å². The van der Waals surface area contributed by atoms with E-state index in [-0.39, 0.29) is 23.5 Å². The summed E-state index contributed by atoms with van der Waals surface area (Å²) in [6.45, 7) is 0.150. The van der Waals surface area contributed by atoms with Crippen molar-refractivity contribution in [3.63, 3.8) is 0 Å². The van der Waals surface area contributed by atoms with Gasteiger partial charge in [-0.25, -0.2) is 13.4 Å². The van der Waals surface area contributed by atoms with Crippen LogP contribution in [0, 0.1) is 0 Å². The van der Waals surface area contributed by atoms with Gasteiger partial charge in [0.1, 0.15) is 0 Å². The highest BCUT2D eigenvalue weighted by atomic mass is 35.5. The van der Waals surface area contributed by atoms with Crippen LogP contribution < -0.4 is 5.32 Å². The summed E-state index contributed by atoms with van der Waals surface area (Å²) in [7, 11) is -4.03. The Hall–Kier alpha value is -2.92. The number of carbonyl (C=O) groups excluding carboxylic acids is 1. The number of rotatable bonds is 9. The van der Waals surface area contributed by atoms with Crippen LogP contribution in [-0.2, 0) is 19.6 Å². The van der Waals surface area contributed by atoms with E-state index >= 15 is 0 Å². The van der Waals surface area contributed by atoms with Gasteiger partial charge in [-0.15, -0.1) is 0 Å². The largest absolute Gasteiger partial charge is 0.377 e. The van der Waals surface area contributed by atoms with E-state index < -0.39 is 22.5 Å². The fourth-order valence-corrected chi connectivity index (χ4v) is 6.26. The van der Waals surface area contributed by atoms with Gasteiger partial charge in [-0.1, -0.05) is 53.0 Å². The van der Waals surface area contributed by atoms with Crippen molar-refractivity contribution in [2.75, 3.05) is 25.0 Å². The van der Waals surface area contributed by atoms with Crippen LogP contribution in [0.4, 0.5) is 5.95 Å². The lowest BCUT2D eigenvalue weighted by Gasteiger charge is -2.24. The molecule has 3 aromatic carbocycles. The van der Waals surface area contributed by atoms with E-state index in [0.717, 1.165) is 16.3 Å². The first-order chi connectivity index (χ1) is 19.2. The van der Waals surface area contributed by atoms with Gasteiger partial charge >= 0.3 is 0 Å². The molecule has 0 saturated carbocycles. The van der Waals surface area contributed by atoms with E-state index in [1.807, 2.05) is 18.2 Å². The second kappa shape index (κ2) is 12.3. The minimum Gasteiger partial charge on any atom is -0.377 e. The van der Waals surface area contributed by atoms with Crippen molar-refractivity contribution >= 4 is 56.7 Å². The molecule has 1 saturated heterocycles. The Labute approximate surface area is 247 Å². The highest BCUT2D eigenvalue weighted by Gasteiger charge is 2.31. The topological polar surface area (TPSA) is 93.5 Å². The summed E-state index contributed by atoms with van der Waals surface area (Å²) in [6, 6.07) is 20.1. The summed E-state index contributed by atoms with van der Waals surface area (Å²) in [4.78, 5) is 18.1. The third-order valence-electron chi connectivity index (χ3n) is 6.39. The number of nitrogens with zero attached hydrogens (tertiary/aromatic N) is 3. The second-order valence-electron chi connectivity index (χ2n) is 9.24. The van der Waals surface area contributed by atoms with Crippen LogP contribution in [0.1, 0.15) is 12.8 Å². The van der Waals surface area contributed by atoms with Gasteiger partial charge < -0.3 is 4.74 Å². The van der Waals surface area contributed by atoms with E-state index in [9.17, 15) is 13.2 Å². The van der Waals surface area contributed by atoms with Crippen molar-refractivity contribution in [3.8, 4) is 16.9 Å². The van der Waals surface area contributed by atoms with E-state index in [1.165, 1.54) is 24.3 Å². The minimum atomic E-state index is -4.03. The lowest BCUT2D eigenvalue weighted by molar-refractivity contribution is -0.116. The molecule has 12 heteroatoms. The van der Waals surface area contributed by atoms with E-state index in [2.05, 4.69) is 10.3 Å². The van der Waals surface area contributed by atoms with Gasteiger partial charge in [-0.2, -0.15) is 4.31 Å². The molecule has 0 radical (unpaired) electrons. The molecule has 1 fully saturated rings. The summed E-state index contributed by atoms with van der Waals surface area (Å²) < 4.78 is 35.6. The molecule has 1 N–H and O–H groups in total. The number of amides is 1. The van der Waals surface area contributed by atoms with Crippen molar-refractivity contribution in [3.05, 3.63) is 94.1 Å². The molecule has 1 aliphatic heterocycles. The van der Waals surface area contributed by atoms with Crippen molar-refractivity contribution in [1.29, 1.82) is 0 Å². The predicted octanol–water partition coefficient (Wildman–Crippen LogP) is 6.31. The summed E-state index contributed by atoms with van der Waals surface area (Å²) in [5.41, 5.74) is 2.03. The number of sulfonamides is 1. The number of hydrogen-bond acceptors (Lipinski definition) is 5. The smallest absolute Gasteiger partial charge is 0.243 e. The van der Waals surface area contributed by atoms with Gasteiger partial charge in [0.25, 0.3) is 0 Å². The van der Waals surface area contributed by atoms with Crippen molar-refractivity contribution < 1.29 is 17.9 Å².